The molecule has 0 spiro atoms. The van der Waals surface area contributed by atoms with E-state index in [9.17, 15) is 8.42 Å². The van der Waals surface area contributed by atoms with Crippen LogP contribution in [0.5, 0.6) is 5.75 Å². The molecule has 0 saturated heterocycles. The van der Waals surface area contributed by atoms with Gasteiger partial charge in [-0.05, 0) is 30.7 Å². The van der Waals surface area contributed by atoms with Crippen LogP contribution in [0.2, 0.25) is 0 Å². The zero-order chi connectivity index (χ0) is 18.9. The van der Waals surface area contributed by atoms with Gasteiger partial charge in [0.1, 0.15) is 5.75 Å². The van der Waals surface area contributed by atoms with Gasteiger partial charge < -0.3 is 20.1 Å². The van der Waals surface area contributed by atoms with Gasteiger partial charge in [-0.25, -0.2) is 8.42 Å². The number of thiol groups is 1. The van der Waals surface area contributed by atoms with Gasteiger partial charge in [-0.15, -0.1) is 0 Å². The molecule has 2 N–H and O–H groups in total. The average Bonchev–Trinajstić information content (AvgIpc) is 2.67. The quantitative estimate of drug-likeness (QED) is 0.435. The van der Waals surface area contributed by atoms with Gasteiger partial charge in [0.05, 0.1) is 23.7 Å². The molecule has 2 aromatic rings. The van der Waals surface area contributed by atoms with Gasteiger partial charge in [0.15, 0.2) is 10.7 Å². The van der Waals surface area contributed by atoms with Crippen molar-refractivity contribution in [3.05, 3.63) is 53.6 Å². The maximum Gasteiger partial charge on any atom is 0.168 e. The summed E-state index contributed by atoms with van der Waals surface area (Å²) in [5.41, 5.74) is 2.47. The molecule has 142 valence electrons. The van der Waals surface area contributed by atoms with Gasteiger partial charge in [-0.2, -0.15) is 0 Å². The Morgan fingerprint density at radius 2 is 1.77 bits per heavy atom. The van der Waals surface area contributed by atoms with E-state index in [0.29, 0.717) is 29.4 Å². The smallest absolute Gasteiger partial charge is 0.168 e. The molecule has 0 aliphatic rings. The minimum Gasteiger partial charge on any atom is -0.495 e. The summed E-state index contributed by atoms with van der Waals surface area (Å²) in [6.45, 7) is 1.32. The highest BCUT2D eigenvalue weighted by molar-refractivity contribution is 7.72. The first-order valence-corrected chi connectivity index (χ1v) is 9.62. The number of anilines is 1. The molecule has 0 amide bonds. The van der Waals surface area contributed by atoms with Gasteiger partial charge >= 0.3 is 0 Å². The van der Waals surface area contributed by atoms with E-state index >= 15 is 0 Å². The van der Waals surface area contributed by atoms with Crippen LogP contribution in [0.3, 0.4) is 0 Å². The number of hydrogen-bond donors (Lipinski definition) is 3. The van der Waals surface area contributed by atoms with Crippen LogP contribution >= 0.6 is 0 Å². The topological polar surface area (TPSA) is 76.7 Å². The van der Waals surface area contributed by atoms with Crippen LogP contribution in [-0.4, -0.2) is 42.8 Å². The van der Waals surface area contributed by atoms with Crippen molar-refractivity contribution in [1.29, 1.82) is 0 Å². The van der Waals surface area contributed by atoms with Crippen molar-refractivity contribution in [1.82, 2.24) is 5.32 Å². The molecule has 0 bridgehead atoms. The highest BCUT2D eigenvalue weighted by Crippen LogP contribution is 2.36. The Bertz CT molecular complexity index is 785. The third-order valence-electron chi connectivity index (χ3n) is 4.16. The van der Waals surface area contributed by atoms with E-state index in [1.54, 1.807) is 26.4 Å². The number of nitrogens with one attached hydrogen (secondary N) is 2. The minimum absolute atomic E-state index is 0.298. The third-order valence-corrected chi connectivity index (χ3v) is 4.96. The fourth-order valence-electron chi connectivity index (χ4n) is 2.97. The Labute approximate surface area is 156 Å². The fourth-order valence-corrected chi connectivity index (χ4v) is 3.60. The van der Waals surface area contributed by atoms with Gasteiger partial charge in [0.25, 0.3) is 0 Å². The van der Waals surface area contributed by atoms with Gasteiger partial charge in [0.2, 0.25) is 0 Å². The Kier molecular flexibility index (Phi) is 7.90. The first kappa shape index (κ1) is 20.2. The Morgan fingerprint density at radius 1 is 1.04 bits per heavy atom. The molecule has 6 nitrogen and oxygen atoms in total. The van der Waals surface area contributed by atoms with Crippen LogP contribution in [0.1, 0.15) is 23.6 Å². The Balaban J connectivity index is 2.52. The molecule has 1 unspecified atom stereocenters. The van der Waals surface area contributed by atoms with Crippen molar-refractivity contribution in [2.75, 3.05) is 39.7 Å². The first-order valence-electron chi connectivity index (χ1n) is 8.44. The first-order chi connectivity index (χ1) is 12.6. The standard InChI is InChI=1S/C19H26N2O4S/c1-20-19-15(9-6-10-16(19)25-3)18(21-12-7-13-24-2)14-8-4-5-11-17(14)26(22)23/h4-6,8-11,18,20-21,26H,7,12-13H2,1-3H3. The zero-order valence-electron chi connectivity index (χ0n) is 15.3. The van der Waals surface area contributed by atoms with E-state index in [4.69, 9.17) is 9.47 Å². The van der Waals surface area contributed by atoms with Crippen molar-refractivity contribution in [3.63, 3.8) is 0 Å². The predicted octanol–water partition coefficient (Wildman–Crippen LogP) is 2.42. The van der Waals surface area contributed by atoms with E-state index in [0.717, 1.165) is 17.7 Å². The van der Waals surface area contributed by atoms with E-state index in [1.807, 2.05) is 37.4 Å². The molecule has 0 saturated carbocycles. The van der Waals surface area contributed by atoms with Crippen LogP contribution in [0.4, 0.5) is 5.69 Å². The molecule has 2 aromatic carbocycles. The van der Waals surface area contributed by atoms with Crippen LogP contribution in [0.15, 0.2) is 47.4 Å². The molecule has 2 rings (SSSR count). The lowest BCUT2D eigenvalue weighted by Crippen LogP contribution is -2.26. The minimum atomic E-state index is -2.70. The monoisotopic (exact) mass is 378 g/mol. The molecule has 0 fully saturated rings. The second-order valence-corrected chi connectivity index (χ2v) is 6.72. The molecule has 1 atom stereocenters. The lowest BCUT2D eigenvalue weighted by Gasteiger charge is -2.24. The van der Waals surface area contributed by atoms with Gasteiger partial charge in [0, 0.05) is 26.3 Å². The largest absolute Gasteiger partial charge is 0.495 e. The van der Waals surface area contributed by atoms with Gasteiger partial charge in [-0.3, -0.25) is 0 Å². The molecule has 26 heavy (non-hydrogen) atoms. The Hall–Kier alpha value is -2.09. The number of methoxy groups -OCH3 is 2. The van der Waals surface area contributed by atoms with Crippen molar-refractivity contribution < 1.29 is 17.9 Å². The fraction of sp³-hybridized carbons (Fsp3) is 0.368. The predicted molar refractivity (Wildman–Crippen MR) is 104 cm³/mol. The van der Waals surface area contributed by atoms with Crippen molar-refractivity contribution in [2.24, 2.45) is 0 Å². The highest BCUT2D eigenvalue weighted by atomic mass is 32.2. The molecule has 0 aliphatic carbocycles. The van der Waals surface area contributed by atoms with Gasteiger partial charge in [-0.1, -0.05) is 30.3 Å². The second kappa shape index (κ2) is 10.2. The zero-order valence-corrected chi connectivity index (χ0v) is 16.2. The maximum absolute atomic E-state index is 11.8. The molecule has 0 aliphatic heterocycles. The molecular formula is C19H26N2O4S. The summed E-state index contributed by atoms with van der Waals surface area (Å²) in [4.78, 5) is 0.316. The summed E-state index contributed by atoms with van der Waals surface area (Å²) in [7, 11) is 2.40. The summed E-state index contributed by atoms with van der Waals surface area (Å²) >= 11 is 0. The maximum atomic E-state index is 11.8. The van der Waals surface area contributed by atoms with Crippen molar-refractivity contribution in [3.8, 4) is 5.75 Å². The number of ether oxygens (including phenoxy) is 2. The summed E-state index contributed by atoms with van der Waals surface area (Å²) < 4.78 is 34.1. The molecule has 0 aromatic heterocycles. The third kappa shape index (κ3) is 4.75. The van der Waals surface area contributed by atoms with E-state index < -0.39 is 10.7 Å². The summed E-state index contributed by atoms with van der Waals surface area (Å²) in [6, 6.07) is 12.5. The van der Waals surface area contributed by atoms with Crippen LogP contribution in [0.25, 0.3) is 0 Å². The average molecular weight is 378 g/mol. The number of rotatable bonds is 10. The molecule has 7 heteroatoms. The molecule has 0 radical (unpaired) electrons. The highest BCUT2D eigenvalue weighted by Gasteiger charge is 2.22. The van der Waals surface area contributed by atoms with Crippen LogP contribution in [-0.2, 0) is 15.4 Å². The second-order valence-electron chi connectivity index (χ2n) is 5.72. The molecular weight excluding hydrogens is 352 g/mol. The summed E-state index contributed by atoms with van der Waals surface area (Å²) in [6.07, 6.45) is 0.817. The lowest BCUT2D eigenvalue weighted by molar-refractivity contribution is 0.193. The van der Waals surface area contributed by atoms with E-state index in [2.05, 4.69) is 10.6 Å². The van der Waals surface area contributed by atoms with E-state index in [-0.39, 0.29) is 6.04 Å². The lowest BCUT2D eigenvalue weighted by atomic mass is 9.96. The molecule has 0 heterocycles. The Morgan fingerprint density at radius 3 is 2.42 bits per heavy atom. The number of hydrogen-bond acceptors (Lipinski definition) is 6. The normalized spacial score (nSPS) is 12.2. The van der Waals surface area contributed by atoms with E-state index in [1.165, 1.54) is 0 Å². The summed E-state index contributed by atoms with van der Waals surface area (Å²) in [5.74, 6) is 0.706. The SMILES string of the molecule is CNc1c(OC)cccc1C(NCCCOC)c1ccccc1[SH](=O)=O. The summed E-state index contributed by atoms with van der Waals surface area (Å²) in [5, 5.41) is 6.64. The van der Waals surface area contributed by atoms with Crippen LogP contribution in [0, 0.1) is 0 Å². The van der Waals surface area contributed by atoms with Crippen LogP contribution < -0.4 is 15.4 Å². The van der Waals surface area contributed by atoms with Crippen molar-refractivity contribution in [2.45, 2.75) is 17.4 Å². The number of para-hydroxylation sites is 1. The van der Waals surface area contributed by atoms with Crippen molar-refractivity contribution >= 4 is 16.4 Å². The number of benzene rings is 2.